The molecule has 1 N–H and O–H groups in total. The number of imidazole rings is 1. The third-order valence-corrected chi connectivity index (χ3v) is 3.72. The van der Waals surface area contributed by atoms with E-state index < -0.39 is 0 Å². The second-order valence-corrected chi connectivity index (χ2v) is 4.99. The summed E-state index contributed by atoms with van der Waals surface area (Å²) in [5.41, 5.74) is 5.26. The number of aromatic nitrogens is 2. The van der Waals surface area contributed by atoms with E-state index in [4.69, 9.17) is 0 Å². The molecule has 112 valence electrons. The second-order valence-electron chi connectivity index (χ2n) is 4.99. The molecule has 3 aromatic rings. The van der Waals surface area contributed by atoms with Gasteiger partial charge in [0.15, 0.2) is 0 Å². The van der Waals surface area contributed by atoms with Gasteiger partial charge in [-0.15, -0.1) is 0 Å². The minimum absolute atomic E-state index is 0.0957. The van der Waals surface area contributed by atoms with Crippen LogP contribution in [0.5, 0.6) is 0 Å². The lowest BCUT2D eigenvalue weighted by molar-refractivity contribution is -0.116. The van der Waals surface area contributed by atoms with Crippen molar-refractivity contribution in [3.63, 3.8) is 0 Å². The molecule has 1 amide bonds. The van der Waals surface area contributed by atoms with E-state index in [0.717, 1.165) is 28.8 Å². The fourth-order valence-electron chi connectivity index (χ4n) is 2.68. The largest absolute Gasteiger partial charge is 0.326 e. The number of aryl methyl sites for hydroxylation is 1. The summed E-state index contributed by atoms with van der Waals surface area (Å²) in [6, 6.07) is 14.2. The monoisotopic (exact) mass is 293 g/mol. The van der Waals surface area contributed by atoms with Crippen molar-refractivity contribution in [3.8, 4) is 5.69 Å². The van der Waals surface area contributed by atoms with Gasteiger partial charge in [-0.1, -0.05) is 26.0 Å². The maximum atomic E-state index is 11.4. The molecule has 4 heteroatoms. The SMILES string of the molecule is CC.O=C1CCc2cc(-n3cnc4ccccc43)ccc2N1. The van der Waals surface area contributed by atoms with E-state index in [2.05, 4.69) is 27.0 Å². The van der Waals surface area contributed by atoms with E-state index in [0.29, 0.717) is 6.42 Å². The summed E-state index contributed by atoms with van der Waals surface area (Å²) in [5.74, 6) is 0.0957. The molecular weight excluding hydrogens is 274 g/mol. The van der Waals surface area contributed by atoms with Gasteiger partial charge in [0, 0.05) is 17.8 Å². The zero-order chi connectivity index (χ0) is 15.5. The van der Waals surface area contributed by atoms with E-state index in [-0.39, 0.29) is 5.91 Å². The second kappa shape index (κ2) is 6.02. The standard InChI is InChI=1S/C16H13N3O.C2H6/c20-16-8-5-11-9-12(6-7-13(11)18-16)19-10-17-14-3-1-2-4-15(14)19;1-2/h1-4,6-7,9-10H,5,8H2,(H,18,20);1-2H3. The number of fused-ring (bicyclic) bond motifs is 2. The first-order chi connectivity index (χ1) is 10.8. The van der Waals surface area contributed by atoms with Crippen LogP contribution in [0.15, 0.2) is 48.8 Å². The predicted octanol–water partition coefficient (Wildman–Crippen LogP) is 3.94. The highest BCUT2D eigenvalue weighted by Crippen LogP contribution is 2.26. The molecule has 0 bridgehead atoms. The maximum absolute atomic E-state index is 11.4. The Morgan fingerprint density at radius 2 is 1.91 bits per heavy atom. The average Bonchev–Trinajstić information content (AvgIpc) is 3.00. The van der Waals surface area contributed by atoms with Gasteiger partial charge in [-0.25, -0.2) is 4.98 Å². The first-order valence-electron chi connectivity index (χ1n) is 7.66. The smallest absolute Gasteiger partial charge is 0.224 e. The first-order valence-corrected chi connectivity index (χ1v) is 7.66. The Labute approximate surface area is 129 Å². The van der Waals surface area contributed by atoms with Gasteiger partial charge in [-0.05, 0) is 42.3 Å². The lowest BCUT2D eigenvalue weighted by atomic mass is 10.0. The number of hydrogen-bond donors (Lipinski definition) is 1. The highest BCUT2D eigenvalue weighted by Gasteiger charge is 2.15. The summed E-state index contributed by atoms with van der Waals surface area (Å²) >= 11 is 0. The summed E-state index contributed by atoms with van der Waals surface area (Å²) in [6.07, 6.45) is 3.19. The molecule has 22 heavy (non-hydrogen) atoms. The Kier molecular flexibility index (Phi) is 3.92. The van der Waals surface area contributed by atoms with Crippen LogP contribution in [-0.4, -0.2) is 15.5 Å². The van der Waals surface area contributed by atoms with Gasteiger partial charge in [0.25, 0.3) is 0 Å². The van der Waals surface area contributed by atoms with Crippen LogP contribution < -0.4 is 5.32 Å². The van der Waals surface area contributed by atoms with Gasteiger partial charge in [0.1, 0.15) is 6.33 Å². The molecule has 2 aromatic carbocycles. The molecule has 0 unspecified atom stereocenters. The average molecular weight is 293 g/mol. The number of benzene rings is 2. The molecule has 0 radical (unpaired) electrons. The van der Waals surface area contributed by atoms with Crippen molar-refractivity contribution in [2.24, 2.45) is 0 Å². The van der Waals surface area contributed by atoms with Crippen molar-refractivity contribution in [1.82, 2.24) is 9.55 Å². The van der Waals surface area contributed by atoms with Crippen LogP contribution in [0.2, 0.25) is 0 Å². The van der Waals surface area contributed by atoms with Gasteiger partial charge < -0.3 is 5.32 Å². The minimum Gasteiger partial charge on any atom is -0.326 e. The third kappa shape index (κ3) is 2.48. The van der Waals surface area contributed by atoms with E-state index in [1.54, 1.807) is 0 Å². The Morgan fingerprint density at radius 3 is 2.77 bits per heavy atom. The van der Waals surface area contributed by atoms with E-state index in [1.807, 2.05) is 50.5 Å². The quantitative estimate of drug-likeness (QED) is 0.738. The van der Waals surface area contributed by atoms with Crippen molar-refractivity contribution >= 4 is 22.6 Å². The lowest BCUT2D eigenvalue weighted by Crippen LogP contribution is -2.19. The summed E-state index contributed by atoms with van der Waals surface area (Å²) in [7, 11) is 0. The Balaban J connectivity index is 0.000000693. The van der Waals surface area contributed by atoms with Gasteiger partial charge in [0.2, 0.25) is 5.91 Å². The summed E-state index contributed by atoms with van der Waals surface area (Å²) in [6.45, 7) is 4.00. The normalized spacial score (nSPS) is 13.1. The zero-order valence-electron chi connectivity index (χ0n) is 12.8. The highest BCUT2D eigenvalue weighted by molar-refractivity contribution is 5.94. The lowest BCUT2D eigenvalue weighted by Gasteiger charge is -2.17. The molecule has 2 heterocycles. The first kappa shape index (κ1) is 14.3. The summed E-state index contributed by atoms with van der Waals surface area (Å²) in [5, 5.41) is 2.91. The summed E-state index contributed by atoms with van der Waals surface area (Å²) < 4.78 is 2.08. The molecule has 0 spiro atoms. The zero-order valence-corrected chi connectivity index (χ0v) is 12.8. The Hall–Kier alpha value is -2.62. The highest BCUT2D eigenvalue weighted by atomic mass is 16.1. The molecule has 0 atom stereocenters. The topological polar surface area (TPSA) is 46.9 Å². The van der Waals surface area contributed by atoms with Crippen LogP contribution in [0.25, 0.3) is 16.7 Å². The molecule has 4 rings (SSSR count). The molecular formula is C18H19N3O. The number of rotatable bonds is 1. The number of anilines is 1. The molecule has 4 nitrogen and oxygen atoms in total. The molecule has 0 aliphatic carbocycles. The van der Waals surface area contributed by atoms with Crippen LogP contribution >= 0.6 is 0 Å². The van der Waals surface area contributed by atoms with Crippen molar-refractivity contribution in [3.05, 3.63) is 54.4 Å². The number of amides is 1. The Morgan fingerprint density at radius 1 is 1.09 bits per heavy atom. The van der Waals surface area contributed by atoms with Crippen LogP contribution in [0.3, 0.4) is 0 Å². The van der Waals surface area contributed by atoms with Crippen molar-refractivity contribution in [1.29, 1.82) is 0 Å². The van der Waals surface area contributed by atoms with Gasteiger partial charge in [0.05, 0.1) is 11.0 Å². The third-order valence-electron chi connectivity index (χ3n) is 3.72. The number of carbonyl (C=O) groups excluding carboxylic acids is 1. The fraction of sp³-hybridized carbons (Fsp3) is 0.222. The molecule has 0 saturated heterocycles. The van der Waals surface area contributed by atoms with Crippen LogP contribution in [0.4, 0.5) is 5.69 Å². The Bertz CT molecular complexity index is 820. The molecule has 0 fully saturated rings. The minimum atomic E-state index is 0.0957. The van der Waals surface area contributed by atoms with Gasteiger partial charge >= 0.3 is 0 Å². The molecule has 1 aliphatic heterocycles. The maximum Gasteiger partial charge on any atom is 0.224 e. The van der Waals surface area contributed by atoms with Gasteiger partial charge in [-0.2, -0.15) is 0 Å². The number of para-hydroxylation sites is 2. The fourth-order valence-corrected chi connectivity index (χ4v) is 2.68. The number of nitrogens with zero attached hydrogens (tertiary/aromatic N) is 2. The summed E-state index contributed by atoms with van der Waals surface area (Å²) in [4.78, 5) is 15.8. The molecule has 1 aliphatic rings. The number of hydrogen-bond acceptors (Lipinski definition) is 2. The number of nitrogens with one attached hydrogen (secondary N) is 1. The van der Waals surface area contributed by atoms with Crippen LogP contribution in [0.1, 0.15) is 25.8 Å². The van der Waals surface area contributed by atoms with Crippen molar-refractivity contribution < 1.29 is 4.79 Å². The van der Waals surface area contributed by atoms with Crippen molar-refractivity contribution in [2.75, 3.05) is 5.32 Å². The van der Waals surface area contributed by atoms with Crippen LogP contribution in [0, 0.1) is 0 Å². The van der Waals surface area contributed by atoms with E-state index >= 15 is 0 Å². The van der Waals surface area contributed by atoms with Gasteiger partial charge in [-0.3, -0.25) is 9.36 Å². The molecule has 1 aromatic heterocycles. The number of carbonyl (C=O) groups is 1. The molecule has 0 saturated carbocycles. The predicted molar refractivity (Wildman–Crippen MR) is 89.4 cm³/mol. The van der Waals surface area contributed by atoms with Crippen LogP contribution in [-0.2, 0) is 11.2 Å². The van der Waals surface area contributed by atoms with Crippen molar-refractivity contribution in [2.45, 2.75) is 26.7 Å². The van der Waals surface area contributed by atoms with E-state index in [9.17, 15) is 4.79 Å². The van der Waals surface area contributed by atoms with E-state index in [1.165, 1.54) is 5.56 Å².